The lowest BCUT2D eigenvalue weighted by atomic mass is 9.52. The van der Waals surface area contributed by atoms with Gasteiger partial charge in [0.05, 0.1) is 18.1 Å². The molecule has 2 bridgehead atoms. The van der Waals surface area contributed by atoms with Gasteiger partial charge in [-0.25, -0.2) is 0 Å². The second-order valence-corrected chi connectivity index (χ2v) is 6.39. The van der Waals surface area contributed by atoms with Crippen molar-refractivity contribution in [3.05, 3.63) is 29.3 Å². The third kappa shape index (κ3) is 1.99. The predicted octanol–water partition coefficient (Wildman–Crippen LogP) is 3.24. The minimum absolute atomic E-state index is 0.0507. The number of aliphatic carboxylic acids is 1. The first-order valence-electron chi connectivity index (χ1n) is 7.37. The van der Waals surface area contributed by atoms with E-state index >= 15 is 0 Å². The molecule has 0 atom stereocenters. The smallest absolute Gasteiger partial charge is 0.309 e. The number of carbonyl (C=O) groups is 1. The van der Waals surface area contributed by atoms with Crippen molar-refractivity contribution in [3.8, 4) is 11.8 Å². The van der Waals surface area contributed by atoms with Crippen LogP contribution in [0.3, 0.4) is 0 Å². The summed E-state index contributed by atoms with van der Waals surface area (Å²) in [5, 5.41) is 18.7. The number of hydrogen-bond acceptors (Lipinski definition) is 3. The number of carboxylic acid groups (broad SMARTS) is 1. The first-order chi connectivity index (χ1) is 10.1. The molecule has 21 heavy (non-hydrogen) atoms. The minimum Gasteiger partial charge on any atom is -0.495 e. The van der Waals surface area contributed by atoms with Crippen molar-refractivity contribution < 1.29 is 14.6 Å². The Morgan fingerprint density at radius 2 is 1.86 bits per heavy atom. The Kier molecular flexibility index (Phi) is 3.16. The fourth-order valence-corrected chi connectivity index (χ4v) is 4.06. The third-order valence-electron chi connectivity index (χ3n) is 5.63. The maximum Gasteiger partial charge on any atom is 0.309 e. The highest BCUT2D eigenvalue weighted by molar-refractivity contribution is 5.75. The molecule has 0 unspecified atom stereocenters. The Morgan fingerprint density at radius 3 is 2.33 bits per heavy atom. The van der Waals surface area contributed by atoms with Crippen LogP contribution in [0, 0.1) is 16.7 Å². The Balaban J connectivity index is 1.93. The first-order valence-corrected chi connectivity index (χ1v) is 7.37. The van der Waals surface area contributed by atoms with Crippen LogP contribution in [-0.4, -0.2) is 18.2 Å². The fourth-order valence-electron chi connectivity index (χ4n) is 4.06. The fraction of sp³-hybridized carbons (Fsp3) is 0.529. The number of nitrogens with zero attached hydrogens (tertiary/aromatic N) is 1. The molecule has 0 aliphatic heterocycles. The second kappa shape index (κ2) is 4.77. The van der Waals surface area contributed by atoms with E-state index in [4.69, 9.17) is 4.74 Å². The summed E-state index contributed by atoms with van der Waals surface area (Å²) in [7, 11) is 1.57. The molecule has 3 aliphatic rings. The zero-order chi connectivity index (χ0) is 15.1. The van der Waals surface area contributed by atoms with Crippen LogP contribution < -0.4 is 4.74 Å². The lowest BCUT2D eigenvalue weighted by Gasteiger charge is -2.51. The second-order valence-electron chi connectivity index (χ2n) is 6.39. The number of carboxylic acids is 1. The summed E-state index contributed by atoms with van der Waals surface area (Å²) in [5.41, 5.74) is 1.28. The van der Waals surface area contributed by atoms with E-state index in [1.807, 2.05) is 18.2 Å². The normalized spacial score (nSPS) is 30.7. The quantitative estimate of drug-likeness (QED) is 0.925. The van der Waals surface area contributed by atoms with Crippen LogP contribution in [0.5, 0.6) is 5.75 Å². The van der Waals surface area contributed by atoms with E-state index in [-0.39, 0.29) is 5.41 Å². The molecule has 0 aromatic heterocycles. The van der Waals surface area contributed by atoms with Crippen LogP contribution in [0.2, 0.25) is 0 Å². The van der Waals surface area contributed by atoms with Crippen LogP contribution in [0.4, 0.5) is 0 Å². The van der Waals surface area contributed by atoms with Crippen molar-refractivity contribution in [1.29, 1.82) is 5.26 Å². The van der Waals surface area contributed by atoms with Crippen LogP contribution in [0.25, 0.3) is 0 Å². The summed E-state index contributed by atoms with van der Waals surface area (Å²) >= 11 is 0. The van der Waals surface area contributed by atoms with E-state index in [1.54, 1.807) is 7.11 Å². The molecule has 0 heterocycles. The molecular formula is C17H19NO3. The molecular weight excluding hydrogens is 266 g/mol. The molecule has 1 aromatic carbocycles. The van der Waals surface area contributed by atoms with Gasteiger partial charge in [0.25, 0.3) is 0 Å². The topological polar surface area (TPSA) is 70.3 Å². The van der Waals surface area contributed by atoms with E-state index in [1.165, 1.54) is 5.56 Å². The Labute approximate surface area is 124 Å². The maximum absolute atomic E-state index is 11.5. The maximum atomic E-state index is 11.5. The number of nitriles is 1. The summed E-state index contributed by atoms with van der Waals surface area (Å²) in [6.45, 7) is 0. The Hall–Kier alpha value is -2.02. The van der Waals surface area contributed by atoms with Gasteiger partial charge in [0.15, 0.2) is 0 Å². The van der Waals surface area contributed by atoms with Crippen molar-refractivity contribution in [2.24, 2.45) is 5.41 Å². The standard InChI is InChI=1S/C17H19NO3/c1-21-14-3-2-13(10-12(14)11-18)16-4-7-17(8-5-16,9-6-16)15(19)20/h2-3,10H,4-9H2,1H3,(H,19,20). The average molecular weight is 285 g/mol. The van der Waals surface area contributed by atoms with Crippen LogP contribution in [0.1, 0.15) is 49.7 Å². The van der Waals surface area contributed by atoms with Gasteiger partial charge in [-0.1, -0.05) is 6.07 Å². The van der Waals surface area contributed by atoms with Gasteiger partial charge in [-0.05, 0) is 61.6 Å². The zero-order valence-electron chi connectivity index (χ0n) is 12.2. The Bertz CT molecular complexity index is 605. The van der Waals surface area contributed by atoms with E-state index in [9.17, 15) is 15.2 Å². The molecule has 0 spiro atoms. The summed E-state index contributed by atoms with van der Waals surface area (Å²) in [6.07, 6.45) is 4.94. The average Bonchev–Trinajstić information content (AvgIpc) is 2.55. The highest BCUT2D eigenvalue weighted by atomic mass is 16.5. The number of methoxy groups -OCH3 is 1. The largest absolute Gasteiger partial charge is 0.495 e. The molecule has 1 aromatic rings. The summed E-state index contributed by atoms with van der Waals surface area (Å²) < 4.78 is 5.20. The molecule has 1 N–H and O–H groups in total. The molecule has 4 heteroatoms. The van der Waals surface area contributed by atoms with Crippen molar-refractivity contribution in [1.82, 2.24) is 0 Å². The minimum atomic E-state index is -0.636. The SMILES string of the molecule is COc1ccc(C23CCC(C(=O)O)(CC2)CC3)cc1C#N. The van der Waals surface area contributed by atoms with Crippen molar-refractivity contribution >= 4 is 5.97 Å². The van der Waals surface area contributed by atoms with Gasteiger partial charge < -0.3 is 9.84 Å². The molecule has 4 nitrogen and oxygen atoms in total. The summed E-state index contributed by atoms with van der Waals surface area (Å²) in [4.78, 5) is 11.5. The molecule has 4 rings (SSSR count). The van der Waals surface area contributed by atoms with Gasteiger partial charge in [-0.2, -0.15) is 5.26 Å². The summed E-state index contributed by atoms with van der Waals surface area (Å²) in [5.74, 6) is -0.0348. The molecule has 3 aliphatic carbocycles. The van der Waals surface area contributed by atoms with Crippen molar-refractivity contribution in [3.63, 3.8) is 0 Å². The number of hydrogen-bond donors (Lipinski definition) is 1. The van der Waals surface area contributed by atoms with Gasteiger partial charge in [0, 0.05) is 0 Å². The van der Waals surface area contributed by atoms with Gasteiger partial charge in [0.1, 0.15) is 11.8 Å². The number of rotatable bonds is 3. The number of fused-ring (bicyclic) bond motifs is 3. The van der Waals surface area contributed by atoms with E-state index < -0.39 is 11.4 Å². The number of ether oxygens (including phenoxy) is 1. The number of benzene rings is 1. The Morgan fingerprint density at radius 1 is 1.24 bits per heavy atom. The van der Waals surface area contributed by atoms with Gasteiger partial charge in [0.2, 0.25) is 0 Å². The van der Waals surface area contributed by atoms with Crippen LogP contribution >= 0.6 is 0 Å². The predicted molar refractivity (Wildman–Crippen MR) is 77.2 cm³/mol. The highest BCUT2D eigenvalue weighted by Crippen LogP contribution is 2.58. The molecule has 0 saturated heterocycles. The van der Waals surface area contributed by atoms with Gasteiger partial charge in [-0.15, -0.1) is 0 Å². The zero-order valence-corrected chi connectivity index (χ0v) is 12.2. The summed E-state index contributed by atoms with van der Waals surface area (Å²) in [6, 6.07) is 8.01. The van der Waals surface area contributed by atoms with Crippen molar-refractivity contribution in [2.45, 2.75) is 43.9 Å². The third-order valence-corrected chi connectivity index (χ3v) is 5.63. The molecule has 3 saturated carbocycles. The first kappa shape index (κ1) is 13.9. The van der Waals surface area contributed by atoms with E-state index in [0.717, 1.165) is 38.5 Å². The molecule has 110 valence electrons. The van der Waals surface area contributed by atoms with Crippen LogP contribution in [0.15, 0.2) is 18.2 Å². The molecule has 3 fully saturated rings. The van der Waals surface area contributed by atoms with Crippen LogP contribution in [-0.2, 0) is 10.2 Å². The highest BCUT2D eigenvalue weighted by Gasteiger charge is 2.53. The molecule has 0 amide bonds. The molecule has 0 radical (unpaired) electrons. The van der Waals surface area contributed by atoms with E-state index in [2.05, 4.69) is 6.07 Å². The lowest BCUT2D eigenvalue weighted by molar-refractivity contribution is -0.156. The van der Waals surface area contributed by atoms with E-state index in [0.29, 0.717) is 11.3 Å². The van der Waals surface area contributed by atoms with Crippen molar-refractivity contribution in [2.75, 3.05) is 7.11 Å². The lowest BCUT2D eigenvalue weighted by Crippen LogP contribution is -2.47. The monoisotopic (exact) mass is 285 g/mol. The van der Waals surface area contributed by atoms with Gasteiger partial charge in [-0.3, -0.25) is 4.79 Å². The van der Waals surface area contributed by atoms with Gasteiger partial charge >= 0.3 is 5.97 Å².